The second-order valence-corrected chi connectivity index (χ2v) is 13.5. The highest BCUT2D eigenvalue weighted by molar-refractivity contribution is 7.90. The van der Waals surface area contributed by atoms with Crippen LogP contribution in [0.4, 0.5) is 0 Å². The lowest BCUT2D eigenvalue weighted by Gasteiger charge is -2.45. The predicted molar refractivity (Wildman–Crippen MR) is 127 cm³/mol. The Morgan fingerprint density at radius 2 is 1.72 bits per heavy atom. The van der Waals surface area contributed by atoms with Crippen molar-refractivity contribution in [3.05, 3.63) is 57.8 Å². The summed E-state index contributed by atoms with van der Waals surface area (Å²) in [5.41, 5.74) is 0.578. The van der Waals surface area contributed by atoms with Crippen molar-refractivity contribution in [2.24, 2.45) is 10.8 Å². The summed E-state index contributed by atoms with van der Waals surface area (Å²) in [7, 11) is -3.78. The van der Waals surface area contributed by atoms with Gasteiger partial charge in [-0.05, 0) is 61.3 Å². The van der Waals surface area contributed by atoms with Crippen LogP contribution in [-0.4, -0.2) is 36.3 Å². The Morgan fingerprint density at radius 1 is 1.03 bits per heavy atom. The summed E-state index contributed by atoms with van der Waals surface area (Å²) < 4.78 is 25.9. The number of rotatable bonds is 4. The van der Waals surface area contributed by atoms with E-state index in [9.17, 15) is 13.2 Å². The molecule has 1 aliphatic heterocycles. The summed E-state index contributed by atoms with van der Waals surface area (Å²) in [6.45, 7) is 9.63. The summed E-state index contributed by atoms with van der Waals surface area (Å²) in [6, 6.07) is 9.45. The Bertz CT molecular complexity index is 1200. The Morgan fingerprint density at radius 3 is 2.44 bits per heavy atom. The van der Waals surface area contributed by atoms with E-state index >= 15 is 0 Å². The molecule has 1 aliphatic carbocycles. The minimum absolute atomic E-state index is 0.00507. The first-order chi connectivity index (χ1) is 14.7. The molecule has 1 saturated heterocycles. The maximum atomic E-state index is 13.5. The molecule has 4 rings (SSSR count). The average molecular weight is 495 g/mol. The maximum absolute atomic E-state index is 13.5. The summed E-state index contributed by atoms with van der Waals surface area (Å²) in [4.78, 5) is 19.9. The third kappa shape index (κ3) is 4.29. The molecule has 5 nitrogen and oxygen atoms in total. The van der Waals surface area contributed by atoms with E-state index in [2.05, 4.69) is 32.7 Å². The molecule has 2 fully saturated rings. The largest absolute Gasteiger partial charge is 0.331 e. The number of hydrogen-bond acceptors (Lipinski definition) is 4. The quantitative estimate of drug-likeness (QED) is 0.538. The van der Waals surface area contributed by atoms with E-state index in [4.69, 9.17) is 23.2 Å². The van der Waals surface area contributed by atoms with Gasteiger partial charge < -0.3 is 4.90 Å². The lowest BCUT2D eigenvalue weighted by Crippen LogP contribution is -2.48. The van der Waals surface area contributed by atoms with Gasteiger partial charge in [0.2, 0.25) is 0 Å². The SMILES string of the molecule is CC1(C)C[C@]2(C)CN(C(=O)c3cccc(CS(=O)(=O)c4cccc(Cl)c4Cl)n3)[C@](C)(C1)C2. The summed E-state index contributed by atoms with van der Waals surface area (Å²) in [5, 5.41) is 0.170. The second kappa shape index (κ2) is 7.71. The fourth-order valence-electron chi connectivity index (χ4n) is 6.30. The minimum Gasteiger partial charge on any atom is -0.331 e. The molecule has 0 unspecified atom stereocenters. The molecule has 1 aromatic carbocycles. The third-order valence-electron chi connectivity index (χ3n) is 6.62. The van der Waals surface area contributed by atoms with Gasteiger partial charge in [0.1, 0.15) is 5.69 Å². The van der Waals surface area contributed by atoms with Crippen LogP contribution in [0.3, 0.4) is 0 Å². The van der Waals surface area contributed by atoms with Crippen LogP contribution in [0.15, 0.2) is 41.3 Å². The van der Waals surface area contributed by atoms with E-state index < -0.39 is 9.84 Å². The molecular formula is C24H28Cl2N2O3S. The lowest BCUT2D eigenvalue weighted by molar-refractivity contribution is 0.0464. The molecule has 2 bridgehead atoms. The molecule has 2 aromatic rings. The van der Waals surface area contributed by atoms with Crippen LogP contribution in [0.1, 0.15) is 63.1 Å². The predicted octanol–water partition coefficient (Wildman–Crippen LogP) is 5.79. The van der Waals surface area contributed by atoms with Crippen LogP contribution >= 0.6 is 23.2 Å². The molecule has 2 heterocycles. The molecule has 1 saturated carbocycles. The topological polar surface area (TPSA) is 67.3 Å². The van der Waals surface area contributed by atoms with Crippen molar-refractivity contribution in [2.45, 2.75) is 63.1 Å². The zero-order valence-electron chi connectivity index (χ0n) is 18.8. The molecule has 2 atom stereocenters. The summed E-state index contributed by atoms with van der Waals surface area (Å²) in [6.07, 6.45) is 2.98. The Labute approximate surface area is 200 Å². The Balaban J connectivity index is 1.61. The normalized spacial score (nSPS) is 26.9. The summed E-state index contributed by atoms with van der Waals surface area (Å²) >= 11 is 12.1. The minimum atomic E-state index is -3.78. The highest BCUT2D eigenvalue weighted by Gasteiger charge is 2.57. The monoisotopic (exact) mass is 494 g/mol. The average Bonchev–Trinajstić information content (AvgIpc) is 2.86. The van der Waals surface area contributed by atoms with Crippen molar-refractivity contribution < 1.29 is 13.2 Å². The maximum Gasteiger partial charge on any atom is 0.272 e. The Kier molecular flexibility index (Phi) is 5.67. The molecule has 0 spiro atoms. The summed E-state index contributed by atoms with van der Waals surface area (Å²) in [5.74, 6) is -0.509. The standard InChI is InChI=1S/C24H28Cl2N2O3S/c1-22(2)12-23(3)14-24(4,13-22)28(15-23)21(29)18-9-5-7-16(27-18)11-32(30,31)19-10-6-8-17(25)20(19)26/h5-10H,11-15H2,1-4H3/t23-,24+/m0/s1. The van der Waals surface area contributed by atoms with Gasteiger partial charge in [-0.15, -0.1) is 0 Å². The van der Waals surface area contributed by atoms with E-state index in [1.165, 1.54) is 12.1 Å². The van der Waals surface area contributed by atoms with Crippen LogP contribution in [0.5, 0.6) is 0 Å². The van der Waals surface area contributed by atoms with Crippen molar-refractivity contribution >= 4 is 38.9 Å². The smallest absolute Gasteiger partial charge is 0.272 e. The lowest BCUT2D eigenvalue weighted by atomic mass is 9.61. The number of halogens is 2. The Hall–Kier alpha value is -1.63. The molecule has 1 amide bonds. The van der Waals surface area contributed by atoms with Gasteiger partial charge in [-0.2, -0.15) is 0 Å². The van der Waals surface area contributed by atoms with Crippen LogP contribution in [0, 0.1) is 10.8 Å². The first kappa shape index (κ1) is 23.5. The number of pyridine rings is 1. The number of fused-ring (bicyclic) bond motifs is 2. The van der Waals surface area contributed by atoms with E-state index in [0.29, 0.717) is 12.2 Å². The van der Waals surface area contributed by atoms with E-state index in [-0.39, 0.29) is 48.7 Å². The van der Waals surface area contributed by atoms with Gasteiger partial charge in [0.15, 0.2) is 9.84 Å². The molecule has 172 valence electrons. The van der Waals surface area contributed by atoms with E-state index in [0.717, 1.165) is 19.3 Å². The number of amides is 1. The fourth-order valence-corrected chi connectivity index (χ4v) is 8.38. The van der Waals surface area contributed by atoms with Gasteiger partial charge in [-0.25, -0.2) is 13.4 Å². The van der Waals surface area contributed by atoms with Crippen LogP contribution in [0.2, 0.25) is 10.0 Å². The first-order valence-electron chi connectivity index (χ1n) is 10.7. The number of sulfone groups is 1. The van der Waals surface area contributed by atoms with Crippen LogP contribution in [0.25, 0.3) is 0 Å². The highest BCUT2D eigenvalue weighted by Crippen LogP contribution is 2.57. The van der Waals surface area contributed by atoms with Crippen LogP contribution < -0.4 is 0 Å². The van der Waals surface area contributed by atoms with Crippen molar-refractivity contribution in [3.63, 3.8) is 0 Å². The highest BCUT2D eigenvalue weighted by atomic mass is 35.5. The number of carbonyl (C=O) groups excluding carboxylic acids is 1. The number of hydrogen-bond donors (Lipinski definition) is 0. The zero-order chi connectivity index (χ0) is 23.5. The number of likely N-dealkylation sites (tertiary alicyclic amines) is 1. The number of carbonyl (C=O) groups is 1. The van der Waals surface area contributed by atoms with E-state index in [1.54, 1.807) is 24.3 Å². The van der Waals surface area contributed by atoms with Crippen molar-refractivity contribution in [1.82, 2.24) is 9.88 Å². The van der Waals surface area contributed by atoms with Crippen molar-refractivity contribution in [3.8, 4) is 0 Å². The number of nitrogens with zero attached hydrogens (tertiary/aromatic N) is 2. The molecule has 32 heavy (non-hydrogen) atoms. The van der Waals surface area contributed by atoms with Gasteiger partial charge >= 0.3 is 0 Å². The van der Waals surface area contributed by atoms with Gasteiger partial charge in [0, 0.05) is 12.1 Å². The van der Waals surface area contributed by atoms with Gasteiger partial charge in [-0.3, -0.25) is 4.79 Å². The number of aromatic nitrogens is 1. The van der Waals surface area contributed by atoms with E-state index in [1.807, 2.05) is 4.90 Å². The van der Waals surface area contributed by atoms with Crippen molar-refractivity contribution in [2.75, 3.05) is 6.54 Å². The van der Waals surface area contributed by atoms with Gasteiger partial charge in [0.05, 0.1) is 26.4 Å². The van der Waals surface area contributed by atoms with Gasteiger partial charge in [-0.1, -0.05) is 56.1 Å². The molecule has 8 heteroatoms. The third-order valence-corrected chi connectivity index (χ3v) is 9.24. The number of benzene rings is 1. The second-order valence-electron chi connectivity index (χ2n) is 10.7. The fraction of sp³-hybridized carbons (Fsp3) is 0.500. The molecule has 0 radical (unpaired) electrons. The molecule has 2 aliphatic rings. The molecular weight excluding hydrogens is 467 g/mol. The molecule has 0 N–H and O–H groups in total. The zero-order valence-corrected chi connectivity index (χ0v) is 21.1. The van der Waals surface area contributed by atoms with Crippen molar-refractivity contribution in [1.29, 1.82) is 0 Å². The van der Waals surface area contributed by atoms with Crippen LogP contribution in [-0.2, 0) is 15.6 Å². The molecule has 1 aromatic heterocycles. The first-order valence-corrected chi connectivity index (χ1v) is 13.1. The van der Waals surface area contributed by atoms with Gasteiger partial charge in [0.25, 0.3) is 5.91 Å².